The molecule has 0 aliphatic carbocycles. The van der Waals surface area contributed by atoms with Crippen molar-refractivity contribution in [2.75, 3.05) is 13.2 Å². The summed E-state index contributed by atoms with van der Waals surface area (Å²) in [5.41, 5.74) is 2.28. The molecule has 0 saturated carbocycles. The number of hydrogen-bond acceptors (Lipinski definition) is 5. The summed E-state index contributed by atoms with van der Waals surface area (Å²) >= 11 is 0. The van der Waals surface area contributed by atoms with Crippen LogP contribution < -0.4 is 4.74 Å². The Morgan fingerprint density at radius 2 is 2.13 bits per heavy atom. The lowest BCUT2D eigenvalue weighted by Gasteiger charge is -2.38. The second-order valence-electron chi connectivity index (χ2n) is 7.76. The number of piperidine rings is 1. The molecule has 0 radical (unpaired) electrons. The highest BCUT2D eigenvalue weighted by molar-refractivity contribution is 6.00. The van der Waals surface area contributed by atoms with E-state index in [-0.39, 0.29) is 17.9 Å². The maximum absolute atomic E-state index is 13.5. The van der Waals surface area contributed by atoms with Crippen molar-refractivity contribution in [3.8, 4) is 17.3 Å². The van der Waals surface area contributed by atoms with E-state index in [4.69, 9.17) is 9.15 Å². The van der Waals surface area contributed by atoms with Gasteiger partial charge < -0.3 is 14.1 Å². The maximum Gasteiger partial charge on any atom is 0.254 e. The highest BCUT2D eigenvalue weighted by Gasteiger charge is 2.31. The molecule has 3 aromatic rings. The summed E-state index contributed by atoms with van der Waals surface area (Å²) < 4.78 is 24.2. The summed E-state index contributed by atoms with van der Waals surface area (Å²) in [5, 5.41) is 0. The van der Waals surface area contributed by atoms with Crippen LogP contribution in [0, 0.1) is 18.7 Å². The molecule has 1 aliphatic heterocycles. The zero-order valence-electron chi connectivity index (χ0n) is 17.0. The van der Waals surface area contributed by atoms with Crippen LogP contribution in [0.5, 0.6) is 5.88 Å². The van der Waals surface area contributed by atoms with E-state index < -0.39 is 5.82 Å². The number of benzene rings is 1. The van der Waals surface area contributed by atoms with Gasteiger partial charge in [-0.25, -0.2) is 14.4 Å². The number of carbonyl (C=O) groups is 1. The van der Waals surface area contributed by atoms with E-state index >= 15 is 0 Å². The number of amides is 1. The summed E-state index contributed by atoms with van der Waals surface area (Å²) in [6.45, 7) is 5.04. The molecule has 2 atom stereocenters. The van der Waals surface area contributed by atoms with Crippen LogP contribution in [0.4, 0.5) is 4.39 Å². The Bertz CT molecular complexity index is 1010. The van der Waals surface area contributed by atoms with Crippen LogP contribution in [-0.2, 0) is 0 Å². The molecule has 3 heterocycles. The number of halogens is 1. The van der Waals surface area contributed by atoms with Crippen LogP contribution in [0.3, 0.4) is 0 Å². The minimum absolute atomic E-state index is 0.0380. The van der Waals surface area contributed by atoms with Gasteiger partial charge in [-0.3, -0.25) is 4.79 Å². The lowest BCUT2D eigenvalue weighted by Crippen LogP contribution is -2.47. The van der Waals surface area contributed by atoms with Gasteiger partial charge in [0.05, 0.1) is 24.6 Å². The zero-order chi connectivity index (χ0) is 21.1. The highest BCUT2D eigenvalue weighted by Crippen LogP contribution is 2.29. The third kappa shape index (κ3) is 4.35. The Kier molecular flexibility index (Phi) is 5.79. The molecule has 1 aromatic carbocycles. The molecule has 4 rings (SSSR count). The topological polar surface area (TPSA) is 68.5 Å². The number of hydrogen-bond donors (Lipinski definition) is 0. The first-order valence-electron chi connectivity index (χ1n) is 10.1. The van der Waals surface area contributed by atoms with Crippen molar-refractivity contribution in [3.63, 3.8) is 0 Å². The Balaban J connectivity index is 1.50. The van der Waals surface area contributed by atoms with E-state index in [1.54, 1.807) is 6.20 Å². The van der Waals surface area contributed by atoms with Crippen LogP contribution in [0.1, 0.15) is 35.7 Å². The van der Waals surface area contributed by atoms with Crippen LogP contribution in [0.15, 0.2) is 53.4 Å². The van der Waals surface area contributed by atoms with Crippen LogP contribution in [0.2, 0.25) is 0 Å². The lowest BCUT2D eigenvalue weighted by molar-refractivity contribution is 0.0503. The highest BCUT2D eigenvalue weighted by atomic mass is 19.1. The SMILES string of the molecule is Cc1ccc(-c2ncco2)c(C(=O)N2C[C@H](COc3ccc(F)cn3)CC[C@H]2C)c1. The summed E-state index contributed by atoms with van der Waals surface area (Å²) in [6.07, 6.45) is 6.05. The fourth-order valence-corrected chi connectivity index (χ4v) is 3.78. The molecule has 6 nitrogen and oxygen atoms in total. The first-order valence-corrected chi connectivity index (χ1v) is 10.1. The van der Waals surface area contributed by atoms with Gasteiger partial charge in [0.1, 0.15) is 12.1 Å². The van der Waals surface area contributed by atoms with E-state index in [0.717, 1.165) is 24.6 Å². The molecule has 7 heteroatoms. The molecule has 156 valence electrons. The second kappa shape index (κ2) is 8.65. The predicted octanol–water partition coefficient (Wildman–Crippen LogP) is 4.50. The third-order valence-corrected chi connectivity index (χ3v) is 5.48. The quantitative estimate of drug-likeness (QED) is 0.620. The fraction of sp³-hybridized carbons (Fsp3) is 0.348. The van der Waals surface area contributed by atoms with Gasteiger partial charge in [-0.05, 0) is 44.9 Å². The van der Waals surface area contributed by atoms with E-state index in [1.165, 1.54) is 18.4 Å². The largest absolute Gasteiger partial charge is 0.477 e. The van der Waals surface area contributed by atoms with Crippen LogP contribution >= 0.6 is 0 Å². The zero-order valence-corrected chi connectivity index (χ0v) is 17.0. The van der Waals surface area contributed by atoms with Gasteiger partial charge in [0.25, 0.3) is 5.91 Å². The Morgan fingerprint density at radius 1 is 1.27 bits per heavy atom. The molecule has 0 spiro atoms. The number of rotatable bonds is 5. The van der Waals surface area contributed by atoms with Crippen LogP contribution in [0.25, 0.3) is 11.5 Å². The lowest BCUT2D eigenvalue weighted by atomic mass is 9.92. The number of oxazole rings is 1. The number of carbonyl (C=O) groups excluding carboxylic acids is 1. The molecular formula is C23H24FN3O3. The predicted molar refractivity (Wildman–Crippen MR) is 110 cm³/mol. The van der Waals surface area contributed by atoms with Gasteiger partial charge in [0.15, 0.2) is 0 Å². The molecule has 1 fully saturated rings. The molecule has 0 unspecified atom stereocenters. The van der Waals surface area contributed by atoms with Crippen molar-refractivity contribution in [1.82, 2.24) is 14.9 Å². The molecule has 30 heavy (non-hydrogen) atoms. The summed E-state index contributed by atoms with van der Waals surface area (Å²) in [7, 11) is 0. The molecule has 1 aliphatic rings. The summed E-state index contributed by atoms with van der Waals surface area (Å²) in [4.78, 5) is 23.5. The summed E-state index contributed by atoms with van der Waals surface area (Å²) in [5.74, 6) is 0.560. The number of aryl methyl sites for hydroxylation is 1. The average Bonchev–Trinajstić information content (AvgIpc) is 3.28. The molecule has 1 amide bonds. The first-order chi connectivity index (χ1) is 14.5. The normalized spacial score (nSPS) is 19.0. The van der Waals surface area contributed by atoms with E-state index in [0.29, 0.717) is 36.0 Å². The van der Waals surface area contributed by atoms with Crippen molar-refractivity contribution in [2.45, 2.75) is 32.7 Å². The van der Waals surface area contributed by atoms with Crippen molar-refractivity contribution < 1.29 is 18.3 Å². The average molecular weight is 409 g/mol. The first kappa shape index (κ1) is 20.1. The number of ether oxygens (including phenoxy) is 1. The van der Waals surface area contributed by atoms with Crippen molar-refractivity contribution >= 4 is 5.91 Å². The minimum atomic E-state index is -0.398. The van der Waals surface area contributed by atoms with Gasteiger partial charge in [-0.15, -0.1) is 0 Å². The van der Waals surface area contributed by atoms with Gasteiger partial charge >= 0.3 is 0 Å². The van der Waals surface area contributed by atoms with E-state index in [1.807, 2.05) is 30.0 Å². The number of aromatic nitrogens is 2. The second-order valence-corrected chi connectivity index (χ2v) is 7.76. The maximum atomic E-state index is 13.5. The number of pyridine rings is 1. The third-order valence-electron chi connectivity index (χ3n) is 5.48. The molecular weight excluding hydrogens is 385 g/mol. The van der Waals surface area contributed by atoms with E-state index in [2.05, 4.69) is 16.9 Å². The molecule has 1 saturated heterocycles. The monoisotopic (exact) mass is 409 g/mol. The van der Waals surface area contributed by atoms with Crippen LogP contribution in [-0.4, -0.2) is 40.0 Å². The Hall–Kier alpha value is -3.22. The van der Waals surface area contributed by atoms with Crippen molar-refractivity contribution in [2.24, 2.45) is 5.92 Å². The molecule has 0 N–H and O–H groups in total. The summed E-state index contributed by atoms with van der Waals surface area (Å²) in [6, 6.07) is 8.67. The fourth-order valence-electron chi connectivity index (χ4n) is 3.78. The van der Waals surface area contributed by atoms with E-state index in [9.17, 15) is 9.18 Å². The standard InChI is InChI=1S/C23H24FN3O3/c1-15-3-7-19(22-25-9-10-29-22)20(11-15)23(28)27-13-17(5-4-16(27)2)14-30-21-8-6-18(24)12-26-21/h3,6-12,16-17H,4-5,13-14H2,1-2H3/t16-,17-/m1/s1. The van der Waals surface area contributed by atoms with Crippen molar-refractivity contribution in [1.29, 1.82) is 0 Å². The molecule has 0 bridgehead atoms. The van der Waals surface area contributed by atoms with Gasteiger partial charge in [-0.2, -0.15) is 0 Å². The Labute approximate surface area is 174 Å². The smallest absolute Gasteiger partial charge is 0.254 e. The number of likely N-dealkylation sites (tertiary alicyclic amines) is 1. The van der Waals surface area contributed by atoms with Gasteiger partial charge in [0.2, 0.25) is 11.8 Å². The van der Waals surface area contributed by atoms with Gasteiger partial charge in [0, 0.05) is 30.1 Å². The molecule has 2 aromatic heterocycles. The van der Waals surface area contributed by atoms with Gasteiger partial charge in [-0.1, -0.05) is 11.6 Å². The minimum Gasteiger partial charge on any atom is -0.477 e. The van der Waals surface area contributed by atoms with Crippen molar-refractivity contribution in [3.05, 3.63) is 65.9 Å². The Morgan fingerprint density at radius 3 is 2.87 bits per heavy atom. The number of nitrogens with zero attached hydrogens (tertiary/aromatic N) is 3.